The molecule has 6 heteroatoms. The summed E-state index contributed by atoms with van der Waals surface area (Å²) < 4.78 is 11.6. The van der Waals surface area contributed by atoms with Crippen molar-refractivity contribution in [2.45, 2.75) is 58.6 Å². The molecule has 6 nitrogen and oxygen atoms in total. The van der Waals surface area contributed by atoms with Crippen LogP contribution in [0.2, 0.25) is 0 Å². The first-order valence-electron chi connectivity index (χ1n) is 12.1. The highest BCUT2D eigenvalue weighted by Gasteiger charge is 2.52. The number of carbonyl (C=O) groups is 2. The molecule has 174 valence electrons. The lowest BCUT2D eigenvalue weighted by atomic mass is 9.74. The van der Waals surface area contributed by atoms with Crippen LogP contribution in [0.4, 0.5) is 0 Å². The molecule has 1 aromatic rings. The van der Waals surface area contributed by atoms with E-state index in [0.717, 1.165) is 56.6 Å². The maximum absolute atomic E-state index is 13.7. The minimum atomic E-state index is -0.384. The normalized spacial score (nSPS) is 27.5. The number of fused-ring (bicyclic) bond motifs is 1. The van der Waals surface area contributed by atoms with Crippen molar-refractivity contribution in [1.29, 1.82) is 0 Å². The SMILES string of the molecule is CCN(CC)CCCN1C(=O)C2=C(C(=O)C3CC(C)CCC3O2)C1c1ccc(OC)cc1. The third kappa shape index (κ3) is 4.17. The maximum Gasteiger partial charge on any atom is 0.290 e. The molecule has 1 aliphatic carbocycles. The summed E-state index contributed by atoms with van der Waals surface area (Å²) in [6.45, 7) is 10.0. The van der Waals surface area contributed by atoms with Gasteiger partial charge in [-0.15, -0.1) is 0 Å². The molecule has 1 fully saturated rings. The minimum absolute atomic E-state index is 0.114. The van der Waals surface area contributed by atoms with Crippen molar-refractivity contribution >= 4 is 11.7 Å². The Hall–Kier alpha value is -2.34. The van der Waals surface area contributed by atoms with E-state index in [0.29, 0.717) is 23.8 Å². The van der Waals surface area contributed by atoms with Crippen LogP contribution >= 0.6 is 0 Å². The van der Waals surface area contributed by atoms with Crippen LogP contribution in [0.3, 0.4) is 0 Å². The van der Waals surface area contributed by atoms with E-state index in [9.17, 15) is 9.59 Å². The maximum atomic E-state index is 13.7. The largest absolute Gasteiger partial charge is 0.497 e. The molecule has 32 heavy (non-hydrogen) atoms. The van der Waals surface area contributed by atoms with E-state index in [1.165, 1.54) is 0 Å². The molecule has 2 heterocycles. The quantitative estimate of drug-likeness (QED) is 0.612. The zero-order chi connectivity index (χ0) is 22.8. The molecule has 0 saturated heterocycles. The van der Waals surface area contributed by atoms with Crippen LogP contribution in [0.5, 0.6) is 5.75 Å². The van der Waals surface area contributed by atoms with E-state index in [1.807, 2.05) is 29.2 Å². The predicted octanol–water partition coefficient (Wildman–Crippen LogP) is 3.97. The molecule has 4 rings (SSSR count). The third-order valence-corrected chi connectivity index (χ3v) is 7.40. The van der Waals surface area contributed by atoms with E-state index < -0.39 is 0 Å². The van der Waals surface area contributed by atoms with Gasteiger partial charge in [0.1, 0.15) is 11.9 Å². The Bertz CT molecular complexity index is 874. The summed E-state index contributed by atoms with van der Waals surface area (Å²) >= 11 is 0. The van der Waals surface area contributed by atoms with Gasteiger partial charge in [0.25, 0.3) is 5.91 Å². The molecule has 4 atom stereocenters. The number of ether oxygens (including phenoxy) is 2. The molecule has 4 unspecified atom stereocenters. The summed E-state index contributed by atoms with van der Waals surface area (Å²) in [5, 5.41) is 0. The van der Waals surface area contributed by atoms with Gasteiger partial charge in [-0.05, 0) is 68.9 Å². The predicted molar refractivity (Wildman–Crippen MR) is 123 cm³/mol. The van der Waals surface area contributed by atoms with Gasteiger partial charge >= 0.3 is 0 Å². The molecule has 1 amide bonds. The van der Waals surface area contributed by atoms with Crippen LogP contribution < -0.4 is 4.74 Å². The van der Waals surface area contributed by atoms with E-state index in [4.69, 9.17) is 9.47 Å². The molecule has 2 aliphatic heterocycles. The number of hydrogen-bond donors (Lipinski definition) is 0. The zero-order valence-electron chi connectivity index (χ0n) is 19.8. The van der Waals surface area contributed by atoms with Crippen LogP contribution in [0.25, 0.3) is 0 Å². The van der Waals surface area contributed by atoms with Gasteiger partial charge in [0, 0.05) is 6.54 Å². The van der Waals surface area contributed by atoms with Crippen molar-refractivity contribution < 1.29 is 19.1 Å². The number of rotatable bonds is 8. The van der Waals surface area contributed by atoms with Crippen molar-refractivity contribution in [3.05, 3.63) is 41.2 Å². The van der Waals surface area contributed by atoms with Crippen LogP contribution in [-0.4, -0.2) is 60.9 Å². The summed E-state index contributed by atoms with van der Waals surface area (Å²) in [6, 6.07) is 7.34. The Morgan fingerprint density at radius 2 is 1.84 bits per heavy atom. The van der Waals surface area contributed by atoms with Crippen molar-refractivity contribution in [3.8, 4) is 5.75 Å². The fourth-order valence-electron chi connectivity index (χ4n) is 5.49. The first-order chi connectivity index (χ1) is 15.5. The molecular formula is C26H36N2O4. The lowest BCUT2D eigenvalue weighted by Crippen LogP contribution is -2.41. The summed E-state index contributed by atoms with van der Waals surface area (Å²) in [7, 11) is 1.64. The van der Waals surface area contributed by atoms with Gasteiger partial charge < -0.3 is 19.3 Å². The number of hydrogen-bond acceptors (Lipinski definition) is 5. The van der Waals surface area contributed by atoms with Gasteiger partial charge in [0.05, 0.1) is 24.6 Å². The Kier molecular flexibility index (Phi) is 6.89. The molecule has 3 aliphatic rings. The van der Waals surface area contributed by atoms with E-state index in [2.05, 4.69) is 25.7 Å². The number of amides is 1. The Balaban J connectivity index is 1.65. The van der Waals surface area contributed by atoms with E-state index in [-0.39, 0.29) is 29.8 Å². The second-order valence-electron chi connectivity index (χ2n) is 9.34. The average molecular weight is 441 g/mol. The first-order valence-corrected chi connectivity index (χ1v) is 12.1. The average Bonchev–Trinajstić information content (AvgIpc) is 3.09. The van der Waals surface area contributed by atoms with Crippen molar-refractivity contribution in [2.24, 2.45) is 11.8 Å². The Labute approximate surface area is 191 Å². The molecule has 0 spiro atoms. The summed E-state index contributed by atoms with van der Waals surface area (Å²) in [5.41, 5.74) is 1.50. The highest BCUT2D eigenvalue weighted by Crippen LogP contribution is 2.47. The van der Waals surface area contributed by atoms with Gasteiger partial charge in [-0.25, -0.2) is 0 Å². The topological polar surface area (TPSA) is 59.1 Å². The summed E-state index contributed by atoms with van der Waals surface area (Å²) in [4.78, 5) is 31.4. The highest BCUT2D eigenvalue weighted by molar-refractivity contribution is 6.11. The van der Waals surface area contributed by atoms with Crippen LogP contribution in [0, 0.1) is 11.8 Å². The van der Waals surface area contributed by atoms with E-state index in [1.54, 1.807) is 7.11 Å². The zero-order valence-corrected chi connectivity index (χ0v) is 19.8. The smallest absolute Gasteiger partial charge is 0.290 e. The highest BCUT2D eigenvalue weighted by atomic mass is 16.5. The Morgan fingerprint density at radius 3 is 2.50 bits per heavy atom. The molecule has 0 bridgehead atoms. The van der Waals surface area contributed by atoms with Crippen LogP contribution in [0.1, 0.15) is 58.1 Å². The fraction of sp³-hybridized carbons (Fsp3) is 0.615. The van der Waals surface area contributed by atoms with Crippen molar-refractivity contribution in [2.75, 3.05) is 33.3 Å². The van der Waals surface area contributed by atoms with Gasteiger partial charge in [-0.3, -0.25) is 9.59 Å². The number of Topliss-reactive ketones (excluding diaryl/α,β-unsaturated/α-hetero) is 1. The van der Waals surface area contributed by atoms with Crippen LogP contribution in [-0.2, 0) is 14.3 Å². The second kappa shape index (κ2) is 9.65. The molecular weight excluding hydrogens is 404 g/mol. The van der Waals surface area contributed by atoms with Gasteiger partial charge in [0.15, 0.2) is 11.5 Å². The molecule has 1 aromatic carbocycles. The lowest BCUT2D eigenvalue weighted by Gasteiger charge is -2.37. The van der Waals surface area contributed by atoms with Gasteiger partial charge in [-0.2, -0.15) is 0 Å². The fourth-order valence-corrected chi connectivity index (χ4v) is 5.49. The lowest BCUT2D eigenvalue weighted by molar-refractivity contribution is -0.136. The summed E-state index contributed by atoms with van der Waals surface area (Å²) in [6.07, 6.45) is 3.43. The number of benzene rings is 1. The van der Waals surface area contributed by atoms with Crippen LogP contribution in [0.15, 0.2) is 35.6 Å². The van der Waals surface area contributed by atoms with Gasteiger partial charge in [-0.1, -0.05) is 32.9 Å². The minimum Gasteiger partial charge on any atom is -0.497 e. The first kappa shape index (κ1) is 22.8. The number of nitrogens with zero attached hydrogens (tertiary/aromatic N) is 2. The molecule has 0 N–H and O–H groups in total. The number of ketones is 1. The van der Waals surface area contributed by atoms with Crippen molar-refractivity contribution in [1.82, 2.24) is 9.80 Å². The molecule has 0 radical (unpaired) electrons. The molecule has 1 saturated carbocycles. The monoisotopic (exact) mass is 440 g/mol. The third-order valence-electron chi connectivity index (χ3n) is 7.40. The number of methoxy groups -OCH3 is 1. The van der Waals surface area contributed by atoms with E-state index >= 15 is 0 Å². The van der Waals surface area contributed by atoms with Gasteiger partial charge in [0.2, 0.25) is 0 Å². The number of carbonyl (C=O) groups excluding carboxylic acids is 2. The second-order valence-corrected chi connectivity index (χ2v) is 9.34. The van der Waals surface area contributed by atoms with Crippen molar-refractivity contribution in [3.63, 3.8) is 0 Å². The molecule has 0 aromatic heterocycles. The Morgan fingerprint density at radius 1 is 1.12 bits per heavy atom. The standard InChI is InChI=1S/C26H36N2O4/c1-5-27(6-2)14-7-15-28-23(18-9-11-19(31-4)12-10-18)22-24(29)20-16-17(3)8-13-21(20)32-25(22)26(28)30/h9-12,17,20-21,23H,5-8,13-16H2,1-4H3. The summed E-state index contributed by atoms with van der Waals surface area (Å²) in [5.74, 6) is 1.41.